The zero-order chi connectivity index (χ0) is 9.97. The van der Waals surface area contributed by atoms with E-state index in [1.54, 1.807) is 0 Å². The summed E-state index contributed by atoms with van der Waals surface area (Å²) in [5.74, 6) is 0.848. The molecule has 1 N–H and O–H groups in total. The smallest absolute Gasteiger partial charge is 0.0521 e. The summed E-state index contributed by atoms with van der Waals surface area (Å²) in [6.07, 6.45) is 8.53. The van der Waals surface area contributed by atoms with Crippen LogP contribution in [-0.2, 0) is 6.42 Å². The molecule has 3 nitrogen and oxygen atoms in total. The Bertz CT molecular complexity index is 291. The fourth-order valence-electron chi connectivity index (χ4n) is 1.81. The second kappa shape index (κ2) is 4.13. The fraction of sp³-hybridized carbons (Fsp3) is 0.727. The second-order valence-corrected chi connectivity index (χ2v) is 4.23. The highest BCUT2D eigenvalue weighted by Gasteiger charge is 2.29. The monoisotopic (exact) mass is 194 g/mol. The number of nitrogens with zero attached hydrogens (tertiary/aromatic N) is 2. The van der Waals surface area contributed by atoms with Gasteiger partial charge in [-0.2, -0.15) is 5.10 Å². The molecule has 3 heteroatoms. The molecule has 0 amide bonds. The zero-order valence-corrected chi connectivity index (χ0v) is 8.69. The van der Waals surface area contributed by atoms with E-state index in [4.69, 9.17) is 5.11 Å². The van der Waals surface area contributed by atoms with Crippen molar-refractivity contribution < 1.29 is 5.11 Å². The number of aliphatic hydroxyl groups is 1. The van der Waals surface area contributed by atoms with Gasteiger partial charge >= 0.3 is 0 Å². The first kappa shape index (κ1) is 9.71. The number of aryl methyl sites for hydroxylation is 1. The Morgan fingerprint density at radius 2 is 2.43 bits per heavy atom. The van der Waals surface area contributed by atoms with Gasteiger partial charge in [0.15, 0.2) is 0 Å². The van der Waals surface area contributed by atoms with Crippen LogP contribution >= 0.6 is 0 Å². The molecule has 0 aliphatic heterocycles. The molecule has 1 unspecified atom stereocenters. The first-order valence-electron chi connectivity index (χ1n) is 5.45. The minimum absolute atomic E-state index is 0.267. The van der Waals surface area contributed by atoms with E-state index >= 15 is 0 Å². The standard InChI is InChI=1S/C11H18N2O/c1-9(11-4-5-11)13-8-10(7-12-13)3-2-6-14/h7-9,11,14H,2-6H2,1H3. The van der Waals surface area contributed by atoms with Gasteiger partial charge < -0.3 is 5.11 Å². The highest BCUT2D eigenvalue weighted by atomic mass is 16.2. The average molecular weight is 194 g/mol. The minimum atomic E-state index is 0.267. The molecule has 1 aliphatic rings. The maximum absolute atomic E-state index is 8.71. The van der Waals surface area contributed by atoms with E-state index in [1.165, 1.54) is 18.4 Å². The Kier molecular flexibility index (Phi) is 2.87. The first-order valence-corrected chi connectivity index (χ1v) is 5.45. The van der Waals surface area contributed by atoms with Crippen LogP contribution < -0.4 is 0 Å². The van der Waals surface area contributed by atoms with E-state index < -0.39 is 0 Å². The van der Waals surface area contributed by atoms with Crippen molar-refractivity contribution in [1.82, 2.24) is 9.78 Å². The summed E-state index contributed by atoms with van der Waals surface area (Å²) >= 11 is 0. The second-order valence-electron chi connectivity index (χ2n) is 4.23. The van der Waals surface area contributed by atoms with Gasteiger partial charge in [0.05, 0.1) is 12.2 Å². The third-order valence-electron chi connectivity index (χ3n) is 3.00. The number of hydrogen-bond donors (Lipinski definition) is 1. The minimum Gasteiger partial charge on any atom is -0.396 e. The molecule has 1 aliphatic carbocycles. The molecular weight excluding hydrogens is 176 g/mol. The van der Waals surface area contributed by atoms with Crippen molar-refractivity contribution in [3.05, 3.63) is 18.0 Å². The molecule has 0 aromatic carbocycles. The topological polar surface area (TPSA) is 38.0 Å². The van der Waals surface area contributed by atoms with Gasteiger partial charge in [0.2, 0.25) is 0 Å². The zero-order valence-electron chi connectivity index (χ0n) is 8.69. The first-order chi connectivity index (χ1) is 6.81. The van der Waals surface area contributed by atoms with Gasteiger partial charge in [-0.05, 0) is 44.1 Å². The predicted octanol–water partition coefficient (Wildman–Crippen LogP) is 1.78. The Labute approximate surface area is 84.7 Å². The summed E-state index contributed by atoms with van der Waals surface area (Å²) in [4.78, 5) is 0. The normalized spacial score (nSPS) is 18.4. The van der Waals surface area contributed by atoms with E-state index in [0.717, 1.165) is 18.8 Å². The Hall–Kier alpha value is -0.830. The summed E-state index contributed by atoms with van der Waals surface area (Å²) in [7, 11) is 0. The van der Waals surface area contributed by atoms with Crippen molar-refractivity contribution in [3.8, 4) is 0 Å². The summed E-state index contributed by atoms with van der Waals surface area (Å²) in [6.45, 7) is 2.50. The van der Waals surface area contributed by atoms with Crippen molar-refractivity contribution in [3.63, 3.8) is 0 Å². The molecule has 1 aromatic heterocycles. The van der Waals surface area contributed by atoms with E-state index in [2.05, 4.69) is 22.9 Å². The van der Waals surface area contributed by atoms with Gasteiger partial charge in [-0.1, -0.05) is 0 Å². The van der Waals surface area contributed by atoms with Crippen LogP contribution in [0.3, 0.4) is 0 Å². The van der Waals surface area contributed by atoms with Crippen molar-refractivity contribution in [2.75, 3.05) is 6.61 Å². The summed E-state index contributed by atoms with van der Waals surface area (Å²) in [5.41, 5.74) is 1.24. The molecule has 1 saturated carbocycles. The molecule has 78 valence electrons. The Morgan fingerprint density at radius 1 is 1.64 bits per heavy atom. The van der Waals surface area contributed by atoms with Crippen LogP contribution in [-0.4, -0.2) is 21.5 Å². The average Bonchev–Trinajstić information content (AvgIpc) is 2.94. The molecule has 1 aromatic rings. The van der Waals surface area contributed by atoms with Crippen LogP contribution in [0.4, 0.5) is 0 Å². The van der Waals surface area contributed by atoms with Crippen molar-refractivity contribution >= 4 is 0 Å². The molecule has 0 bridgehead atoms. The van der Waals surface area contributed by atoms with E-state index in [-0.39, 0.29) is 6.61 Å². The summed E-state index contributed by atoms with van der Waals surface area (Å²) in [6, 6.07) is 0.554. The van der Waals surface area contributed by atoms with E-state index in [0.29, 0.717) is 6.04 Å². The van der Waals surface area contributed by atoms with Crippen LogP contribution in [0.1, 0.15) is 37.8 Å². The lowest BCUT2D eigenvalue weighted by atomic mass is 10.2. The lowest BCUT2D eigenvalue weighted by molar-refractivity contribution is 0.288. The van der Waals surface area contributed by atoms with E-state index in [1.807, 2.05) is 6.20 Å². The van der Waals surface area contributed by atoms with Crippen LogP contribution in [0.2, 0.25) is 0 Å². The van der Waals surface area contributed by atoms with Crippen LogP contribution in [0.25, 0.3) is 0 Å². The fourth-order valence-corrected chi connectivity index (χ4v) is 1.81. The molecule has 0 radical (unpaired) electrons. The third-order valence-corrected chi connectivity index (χ3v) is 3.00. The highest BCUT2D eigenvalue weighted by molar-refractivity contribution is 5.05. The van der Waals surface area contributed by atoms with Crippen LogP contribution in [0.5, 0.6) is 0 Å². The van der Waals surface area contributed by atoms with Gasteiger partial charge in [0.25, 0.3) is 0 Å². The molecule has 1 atom stereocenters. The summed E-state index contributed by atoms with van der Waals surface area (Å²) < 4.78 is 2.07. The molecule has 1 fully saturated rings. The number of aromatic nitrogens is 2. The molecule has 0 saturated heterocycles. The third kappa shape index (κ3) is 2.15. The summed E-state index contributed by atoms with van der Waals surface area (Å²) in [5, 5.41) is 13.1. The van der Waals surface area contributed by atoms with Gasteiger partial charge in [0, 0.05) is 12.8 Å². The van der Waals surface area contributed by atoms with Gasteiger partial charge in [-0.25, -0.2) is 0 Å². The quantitative estimate of drug-likeness (QED) is 0.776. The molecule has 14 heavy (non-hydrogen) atoms. The maximum atomic E-state index is 8.71. The van der Waals surface area contributed by atoms with Crippen molar-refractivity contribution in [2.24, 2.45) is 5.92 Å². The lowest BCUT2D eigenvalue weighted by Crippen LogP contribution is -2.07. The van der Waals surface area contributed by atoms with Gasteiger partial charge in [0.1, 0.15) is 0 Å². The Morgan fingerprint density at radius 3 is 3.07 bits per heavy atom. The Balaban J connectivity index is 1.94. The van der Waals surface area contributed by atoms with Crippen molar-refractivity contribution in [1.29, 1.82) is 0 Å². The van der Waals surface area contributed by atoms with E-state index in [9.17, 15) is 0 Å². The van der Waals surface area contributed by atoms with Gasteiger partial charge in [-0.3, -0.25) is 4.68 Å². The predicted molar refractivity (Wildman–Crippen MR) is 55.1 cm³/mol. The van der Waals surface area contributed by atoms with Crippen LogP contribution in [0.15, 0.2) is 12.4 Å². The molecule has 2 rings (SSSR count). The van der Waals surface area contributed by atoms with Crippen molar-refractivity contribution in [2.45, 2.75) is 38.6 Å². The SMILES string of the molecule is CC(C1CC1)n1cc(CCCO)cn1. The largest absolute Gasteiger partial charge is 0.396 e. The maximum Gasteiger partial charge on any atom is 0.0521 e. The lowest BCUT2D eigenvalue weighted by Gasteiger charge is -2.09. The number of rotatable bonds is 5. The number of hydrogen-bond acceptors (Lipinski definition) is 2. The number of aliphatic hydroxyl groups excluding tert-OH is 1. The van der Waals surface area contributed by atoms with Gasteiger partial charge in [-0.15, -0.1) is 0 Å². The molecule has 0 spiro atoms. The molecular formula is C11H18N2O. The highest BCUT2D eigenvalue weighted by Crippen LogP contribution is 2.38. The van der Waals surface area contributed by atoms with Crippen LogP contribution in [0, 0.1) is 5.92 Å². The molecule has 1 heterocycles.